The quantitative estimate of drug-likeness (QED) is 0.522. The smallest absolute Gasteiger partial charge is 0.258 e. The number of hydrogen-bond acceptors (Lipinski definition) is 6. The third-order valence-electron chi connectivity index (χ3n) is 9.09. The molecule has 1 N–H and O–H groups in total. The lowest BCUT2D eigenvalue weighted by Crippen LogP contribution is -2.43. The fourth-order valence-corrected chi connectivity index (χ4v) is 6.57. The van der Waals surface area contributed by atoms with E-state index in [2.05, 4.69) is 53.5 Å². The van der Waals surface area contributed by atoms with Gasteiger partial charge in [-0.2, -0.15) is 0 Å². The van der Waals surface area contributed by atoms with E-state index in [1.807, 2.05) is 41.2 Å². The Kier molecular flexibility index (Phi) is 6.10. The predicted octanol–water partition coefficient (Wildman–Crippen LogP) is 4.95. The standard InChI is InChI=1S/C32H36N4O3/c1-3-34-16-13-32(14-17-34)20-38-30-18-26-12-15-35(29(26)19-28(30)32)31(37)25-6-4-23(5-7-25)24-8-10-27(11-9-24)36-21-33-22(2)39-36/h4-11,18-19,22,33H,3,12-17,20-21H2,1-2H3. The van der Waals surface area contributed by atoms with Gasteiger partial charge in [0, 0.05) is 28.8 Å². The van der Waals surface area contributed by atoms with Gasteiger partial charge in [0.25, 0.3) is 5.91 Å². The number of amides is 1. The van der Waals surface area contributed by atoms with E-state index in [0.29, 0.717) is 13.2 Å². The van der Waals surface area contributed by atoms with Gasteiger partial charge < -0.3 is 14.5 Å². The van der Waals surface area contributed by atoms with Crippen molar-refractivity contribution in [2.24, 2.45) is 0 Å². The van der Waals surface area contributed by atoms with E-state index in [-0.39, 0.29) is 17.6 Å². The zero-order valence-electron chi connectivity index (χ0n) is 22.8. The molecule has 39 heavy (non-hydrogen) atoms. The minimum Gasteiger partial charge on any atom is -0.492 e. The molecule has 2 fully saturated rings. The van der Waals surface area contributed by atoms with Gasteiger partial charge in [-0.1, -0.05) is 31.2 Å². The average Bonchev–Trinajstić information content (AvgIpc) is 3.70. The molecule has 4 aliphatic rings. The van der Waals surface area contributed by atoms with Crippen LogP contribution < -0.4 is 20.0 Å². The maximum absolute atomic E-state index is 13.7. The highest BCUT2D eigenvalue weighted by molar-refractivity contribution is 6.07. The summed E-state index contributed by atoms with van der Waals surface area (Å²) in [6.07, 6.45) is 3.12. The van der Waals surface area contributed by atoms with Crippen LogP contribution in [0.2, 0.25) is 0 Å². The van der Waals surface area contributed by atoms with E-state index in [9.17, 15) is 4.79 Å². The first-order valence-electron chi connectivity index (χ1n) is 14.3. The van der Waals surface area contributed by atoms with Crippen molar-refractivity contribution in [3.05, 3.63) is 77.4 Å². The van der Waals surface area contributed by atoms with Gasteiger partial charge in [-0.3, -0.25) is 14.9 Å². The number of fused-ring (bicyclic) bond motifs is 3. The van der Waals surface area contributed by atoms with Gasteiger partial charge in [0.1, 0.15) is 12.0 Å². The van der Waals surface area contributed by atoms with Crippen molar-refractivity contribution in [2.75, 3.05) is 49.4 Å². The molecule has 3 aromatic rings. The molecule has 2 saturated heterocycles. The zero-order chi connectivity index (χ0) is 26.6. The van der Waals surface area contributed by atoms with Gasteiger partial charge in [-0.25, -0.2) is 5.06 Å². The van der Waals surface area contributed by atoms with Crippen LogP contribution in [0, 0.1) is 0 Å². The van der Waals surface area contributed by atoms with Crippen LogP contribution in [0.3, 0.4) is 0 Å². The molecule has 1 spiro atoms. The number of rotatable bonds is 4. The molecule has 0 radical (unpaired) electrons. The van der Waals surface area contributed by atoms with Crippen molar-refractivity contribution < 1.29 is 14.4 Å². The van der Waals surface area contributed by atoms with Crippen LogP contribution in [0.15, 0.2) is 60.7 Å². The second kappa shape index (κ2) is 9.66. The molecular formula is C32H36N4O3. The molecule has 0 saturated carbocycles. The van der Waals surface area contributed by atoms with Crippen molar-refractivity contribution in [1.29, 1.82) is 0 Å². The molecule has 1 unspecified atom stereocenters. The normalized spacial score (nSPS) is 21.7. The third-order valence-corrected chi connectivity index (χ3v) is 9.09. The highest BCUT2D eigenvalue weighted by Gasteiger charge is 2.44. The first-order chi connectivity index (χ1) is 19.0. The maximum Gasteiger partial charge on any atom is 0.258 e. The number of ether oxygens (including phenoxy) is 1. The van der Waals surface area contributed by atoms with Crippen LogP contribution in [0.5, 0.6) is 5.75 Å². The molecule has 202 valence electrons. The van der Waals surface area contributed by atoms with E-state index in [4.69, 9.17) is 9.57 Å². The van der Waals surface area contributed by atoms with Crippen LogP contribution in [0.1, 0.15) is 48.2 Å². The number of benzene rings is 3. The van der Waals surface area contributed by atoms with E-state index in [1.54, 1.807) is 0 Å². The average molecular weight is 525 g/mol. The van der Waals surface area contributed by atoms with Gasteiger partial charge in [-0.05, 0) is 98.9 Å². The van der Waals surface area contributed by atoms with E-state index in [0.717, 1.165) is 79.3 Å². The number of carbonyl (C=O) groups excluding carboxylic acids is 1. The van der Waals surface area contributed by atoms with Crippen molar-refractivity contribution in [2.45, 2.75) is 44.8 Å². The summed E-state index contributed by atoms with van der Waals surface area (Å²) >= 11 is 0. The highest BCUT2D eigenvalue weighted by Crippen LogP contribution is 2.49. The van der Waals surface area contributed by atoms with E-state index < -0.39 is 0 Å². The van der Waals surface area contributed by atoms with Crippen molar-refractivity contribution >= 4 is 17.3 Å². The monoisotopic (exact) mass is 524 g/mol. The predicted molar refractivity (Wildman–Crippen MR) is 153 cm³/mol. The molecule has 1 amide bonds. The summed E-state index contributed by atoms with van der Waals surface area (Å²) in [5.41, 5.74) is 7.60. The molecule has 1 atom stereocenters. The summed E-state index contributed by atoms with van der Waals surface area (Å²) < 4.78 is 6.23. The van der Waals surface area contributed by atoms with Crippen LogP contribution in [-0.4, -0.2) is 56.5 Å². The Balaban J connectivity index is 1.09. The Morgan fingerprint density at radius 2 is 1.72 bits per heavy atom. The molecule has 4 heterocycles. The Morgan fingerprint density at radius 1 is 1.00 bits per heavy atom. The molecule has 7 nitrogen and oxygen atoms in total. The fraction of sp³-hybridized carbons (Fsp3) is 0.406. The maximum atomic E-state index is 13.7. The molecule has 0 bridgehead atoms. The Bertz CT molecular complexity index is 1380. The van der Waals surface area contributed by atoms with Gasteiger partial charge in [0.05, 0.1) is 19.0 Å². The molecule has 4 aliphatic heterocycles. The number of likely N-dealkylation sites (tertiary alicyclic amines) is 1. The van der Waals surface area contributed by atoms with Crippen molar-refractivity contribution in [1.82, 2.24) is 10.2 Å². The minimum absolute atomic E-state index is 0.0201. The van der Waals surface area contributed by atoms with Gasteiger partial charge >= 0.3 is 0 Å². The summed E-state index contributed by atoms with van der Waals surface area (Å²) in [4.78, 5) is 23.9. The number of hydrogen-bond donors (Lipinski definition) is 1. The van der Waals surface area contributed by atoms with E-state index >= 15 is 0 Å². The molecule has 7 heteroatoms. The van der Waals surface area contributed by atoms with Crippen LogP contribution >= 0.6 is 0 Å². The Labute approximate surface area is 230 Å². The third kappa shape index (κ3) is 4.29. The largest absolute Gasteiger partial charge is 0.492 e. The first kappa shape index (κ1) is 24.6. The van der Waals surface area contributed by atoms with Crippen molar-refractivity contribution in [3.8, 4) is 16.9 Å². The van der Waals surface area contributed by atoms with E-state index in [1.165, 1.54) is 11.1 Å². The first-order valence-corrected chi connectivity index (χ1v) is 14.3. The van der Waals surface area contributed by atoms with Gasteiger partial charge in [-0.15, -0.1) is 0 Å². The highest BCUT2D eigenvalue weighted by atomic mass is 16.7. The number of anilines is 2. The van der Waals surface area contributed by atoms with Crippen molar-refractivity contribution in [3.63, 3.8) is 0 Å². The lowest BCUT2D eigenvalue weighted by atomic mass is 9.74. The minimum atomic E-state index is 0.0201. The second-order valence-corrected chi connectivity index (χ2v) is 11.3. The summed E-state index contributed by atoms with van der Waals surface area (Å²) in [6, 6.07) is 20.8. The summed E-state index contributed by atoms with van der Waals surface area (Å²) in [7, 11) is 0. The SMILES string of the molecule is CCN1CCC2(CC1)COc1cc3c(cc12)N(C(=O)c1ccc(-c2ccc(N4CNC(C)O4)cc2)cc1)CC3. The van der Waals surface area contributed by atoms with Crippen LogP contribution in [0.4, 0.5) is 11.4 Å². The van der Waals surface area contributed by atoms with Crippen LogP contribution in [-0.2, 0) is 16.7 Å². The fourth-order valence-electron chi connectivity index (χ4n) is 6.57. The number of piperidine rings is 1. The Morgan fingerprint density at radius 3 is 2.38 bits per heavy atom. The number of nitrogens with zero attached hydrogens (tertiary/aromatic N) is 3. The van der Waals surface area contributed by atoms with Crippen LogP contribution in [0.25, 0.3) is 11.1 Å². The second-order valence-electron chi connectivity index (χ2n) is 11.3. The molecule has 0 aromatic heterocycles. The molecular weight excluding hydrogens is 488 g/mol. The van der Waals surface area contributed by atoms with Gasteiger partial charge in [0.15, 0.2) is 0 Å². The summed E-state index contributed by atoms with van der Waals surface area (Å²) in [5, 5.41) is 5.11. The lowest BCUT2D eigenvalue weighted by Gasteiger charge is -2.38. The summed E-state index contributed by atoms with van der Waals surface area (Å²) in [5.74, 6) is 1.10. The Hall–Kier alpha value is -3.39. The number of carbonyl (C=O) groups is 1. The molecule has 0 aliphatic carbocycles. The lowest BCUT2D eigenvalue weighted by molar-refractivity contribution is 0.0925. The summed E-state index contributed by atoms with van der Waals surface area (Å²) in [6.45, 7) is 9.69. The number of hydroxylamine groups is 1. The molecule has 7 rings (SSSR count). The molecule has 3 aromatic carbocycles. The zero-order valence-corrected chi connectivity index (χ0v) is 22.8. The number of nitrogens with one attached hydrogen (secondary N) is 1. The topological polar surface area (TPSA) is 57.3 Å². The van der Waals surface area contributed by atoms with Gasteiger partial charge in [0.2, 0.25) is 0 Å².